The predicted octanol–water partition coefficient (Wildman–Crippen LogP) is 1.57. The van der Waals surface area contributed by atoms with Crippen molar-refractivity contribution in [3.05, 3.63) is 18.0 Å². The van der Waals surface area contributed by atoms with Crippen LogP contribution in [0.25, 0.3) is 0 Å². The standard InChI is InChI=1S/C11H16N2O2/c1-14-11-6-10(13-7-9(11)12)8-2-4-15-5-3-8/h6-8H,2-5,12H2,1H3. The van der Waals surface area contributed by atoms with Crippen molar-refractivity contribution >= 4 is 5.69 Å². The van der Waals surface area contributed by atoms with E-state index in [9.17, 15) is 0 Å². The van der Waals surface area contributed by atoms with Crippen LogP contribution in [0.1, 0.15) is 24.5 Å². The van der Waals surface area contributed by atoms with Gasteiger partial charge in [0.2, 0.25) is 0 Å². The van der Waals surface area contributed by atoms with Crippen LogP contribution in [0, 0.1) is 0 Å². The number of nitrogen functional groups attached to an aromatic ring is 1. The average Bonchev–Trinajstić information content (AvgIpc) is 2.31. The van der Waals surface area contributed by atoms with Gasteiger partial charge in [0.25, 0.3) is 0 Å². The minimum absolute atomic E-state index is 0.480. The molecule has 0 spiro atoms. The summed E-state index contributed by atoms with van der Waals surface area (Å²) in [6.07, 6.45) is 3.73. The minimum Gasteiger partial charge on any atom is -0.494 e. The Balaban J connectivity index is 2.20. The van der Waals surface area contributed by atoms with Crippen LogP contribution in [0.15, 0.2) is 12.3 Å². The van der Waals surface area contributed by atoms with E-state index in [2.05, 4.69) is 4.98 Å². The van der Waals surface area contributed by atoms with E-state index in [-0.39, 0.29) is 0 Å². The van der Waals surface area contributed by atoms with E-state index in [1.54, 1.807) is 13.3 Å². The summed E-state index contributed by atoms with van der Waals surface area (Å²) in [5.41, 5.74) is 7.37. The Morgan fingerprint density at radius 1 is 1.47 bits per heavy atom. The molecule has 1 fully saturated rings. The van der Waals surface area contributed by atoms with Gasteiger partial charge in [0.05, 0.1) is 19.0 Å². The van der Waals surface area contributed by atoms with Crippen molar-refractivity contribution in [2.24, 2.45) is 0 Å². The van der Waals surface area contributed by atoms with E-state index in [0.717, 1.165) is 31.7 Å². The predicted molar refractivity (Wildman–Crippen MR) is 58.0 cm³/mol. The number of nitrogens with zero attached hydrogens (tertiary/aromatic N) is 1. The zero-order valence-corrected chi connectivity index (χ0v) is 8.90. The van der Waals surface area contributed by atoms with Crippen LogP contribution in [0.5, 0.6) is 5.75 Å². The molecule has 0 amide bonds. The number of nitrogens with two attached hydrogens (primary N) is 1. The number of rotatable bonds is 2. The fourth-order valence-corrected chi connectivity index (χ4v) is 1.86. The summed E-state index contributed by atoms with van der Waals surface area (Å²) in [4.78, 5) is 4.35. The van der Waals surface area contributed by atoms with E-state index in [0.29, 0.717) is 17.4 Å². The molecule has 0 radical (unpaired) electrons. The van der Waals surface area contributed by atoms with Crippen molar-refractivity contribution < 1.29 is 9.47 Å². The molecule has 1 aromatic heterocycles. The monoisotopic (exact) mass is 208 g/mol. The lowest BCUT2D eigenvalue weighted by atomic mass is 9.96. The molecule has 15 heavy (non-hydrogen) atoms. The lowest BCUT2D eigenvalue weighted by molar-refractivity contribution is 0.0844. The topological polar surface area (TPSA) is 57.4 Å². The summed E-state index contributed by atoms with van der Waals surface area (Å²) >= 11 is 0. The summed E-state index contributed by atoms with van der Waals surface area (Å²) in [6, 6.07) is 1.94. The SMILES string of the molecule is COc1cc(C2CCOCC2)ncc1N. The van der Waals surface area contributed by atoms with Crippen LogP contribution in [-0.4, -0.2) is 25.3 Å². The first-order valence-corrected chi connectivity index (χ1v) is 5.18. The molecule has 4 heteroatoms. The molecule has 1 aliphatic rings. The molecule has 0 bridgehead atoms. The van der Waals surface area contributed by atoms with Crippen LogP contribution in [0.2, 0.25) is 0 Å². The Morgan fingerprint density at radius 2 is 2.20 bits per heavy atom. The Labute approximate surface area is 89.4 Å². The highest BCUT2D eigenvalue weighted by Crippen LogP contribution is 2.29. The molecule has 0 aromatic carbocycles. The highest BCUT2D eigenvalue weighted by atomic mass is 16.5. The third-order valence-electron chi connectivity index (χ3n) is 2.78. The van der Waals surface area contributed by atoms with E-state index >= 15 is 0 Å². The second-order valence-corrected chi connectivity index (χ2v) is 3.74. The summed E-state index contributed by atoms with van der Waals surface area (Å²) in [5.74, 6) is 1.19. The molecular weight excluding hydrogens is 192 g/mol. The van der Waals surface area contributed by atoms with Gasteiger partial charge in [-0.05, 0) is 12.8 Å². The van der Waals surface area contributed by atoms with E-state index in [1.807, 2.05) is 6.07 Å². The van der Waals surface area contributed by atoms with Crippen molar-refractivity contribution in [2.45, 2.75) is 18.8 Å². The normalized spacial score (nSPS) is 17.7. The molecule has 2 heterocycles. The smallest absolute Gasteiger partial charge is 0.145 e. The second kappa shape index (κ2) is 4.49. The van der Waals surface area contributed by atoms with Gasteiger partial charge >= 0.3 is 0 Å². The number of hydrogen-bond acceptors (Lipinski definition) is 4. The second-order valence-electron chi connectivity index (χ2n) is 3.74. The number of pyridine rings is 1. The summed E-state index contributed by atoms with van der Waals surface area (Å²) in [7, 11) is 1.62. The van der Waals surface area contributed by atoms with Gasteiger partial charge in [0.1, 0.15) is 5.75 Å². The third kappa shape index (κ3) is 2.21. The molecule has 1 saturated heterocycles. The number of hydrogen-bond donors (Lipinski definition) is 1. The maximum absolute atomic E-state index is 5.72. The van der Waals surface area contributed by atoms with Crippen LogP contribution >= 0.6 is 0 Å². The number of anilines is 1. The first-order valence-electron chi connectivity index (χ1n) is 5.18. The van der Waals surface area contributed by atoms with Crippen LogP contribution in [0.4, 0.5) is 5.69 Å². The number of methoxy groups -OCH3 is 1. The summed E-state index contributed by atoms with van der Waals surface area (Å²) in [6.45, 7) is 1.64. The summed E-state index contributed by atoms with van der Waals surface area (Å²) in [5, 5.41) is 0. The maximum Gasteiger partial charge on any atom is 0.145 e. The molecule has 4 nitrogen and oxygen atoms in total. The van der Waals surface area contributed by atoms with Crippen molar-refractivity contribution in [1.82, 2.24) is 4.98 Å². The van der Waals surface area contributed by atoms with Gasteiger partial charge in [-0.2, -0.15) is 0 Å². The van der Waals surface area contributed by atoms with Crippen LogP contribution in [0.3, 0.4) is 0 Å². The van der Waals surface area contributed by atoms with Gasteiger partial charge in [-0.1, -0.05) is 0 Å². The Morgan fingerprint density at radius 3 is 2.87 bits per heavy atom. The Bertz CT molecular complexity index is 335. The lowest BCUT2D eigenvalue weighted by Crippen LogP contribution is -2.15. The molecule has 1 aliphatic heterocycles. The Hall–Kier alpha value is -1.29. The lowest BCUT2D eigenvalue weighted by Gasteiger charge is -2.21. The first kappa shape index (κ1) is 10.2. The van der Waals surface area contributed by atoms with Crippen molar-refractivity contribution in [3.8, 4) is 5.75 Å². The third-order valence-corrected chi connectivity index (χ3v) is 2.78. The van der Waals surface area contributed by atoms with Gasteiger partial charge in [-0.25, -0.2) is 0 Å². The molecule has 82 valence electrons. The van der Waals surface area contributed by atoms with E-state index in [1.165, 1.54) is 0 Å². The van der Waals surface area contributed by atoms with Gasteiger partial charge in [-0.15, -0.1) is 0 Å². The van der Waals surface area contributed by atoms with Gasteiger partial charge in [0.15, 0.2) is 0 Å². The molecule has 0 saturated carbocycles. The zero-order valence-electron chi connectivity index (χ0n) is 8.90. The largest absolute Gasteiger partial charge is 0.494 e. The number of aromatic nitrogens is 1. The molecule has 0 atom stereocenters. The Kier molecular flexibility index (Phi) is 3.06. The zero-order chi connectivity index (χ0) is 10.7. The molecule has 2 N–H and O–H groups in total. The maximum atomic E-state index is 5.72. The average molecular weight is 208 g/mol. The first-order chi connectivity index (χ1) is 7.31. The van der Waals surface area contributed by atoms with E-state index < -0.39 is 0 Å². The molecule has 1 aromatic rings. The number of ether oxygens (including phenoxy) is 2. The molecular formula is C11H16N2O2. The van der Waals surface area contributed by atoms with Gasteiger partial charge in [-0.3, -0.25) is 4.98 Å². The van der Waals surface area contributed by atoms with Crippen LogP contribution < -0.4 is 10.5 Å². The highest BCUT2D eigenvalue weighted by Gasteiger charge is 2.18. The van der Waals surface area contributed by atoms with Crippen molar-refractivity contribution in [3.63, 3.8) is 0 Å². The quantitative estimate of drug-likeness (QED) is 0.801. The molecule has 0 aliphatic carbocycles. The molecule has 0 unspecified atom stereocenters. The van der Waals surface area contributed by atoms with Gasteiger partial charge < -0.3 is 15.2 Å². The van der Waals surface area contributed by atoms with E-state index in [4.69, 9.17) is 15.2 Å². The highest BCUT2D eigenvalue weighted by molar-refractivity contribution is 5.51. The minimum atomic E-state index is 0.480. The van der Waals surface area contributed by atoms with Crippen LogP contribution in [-0.2, 0) is 4.74 Å². The van der Waals surface area contributed by atoms with Gasteiger partial charge in [0, 0.05) is 30.9 Å². The van der Waals surface area contributed by atoms with Crippen molar-refractivity contribution in [1.29, 1.82) is 0 Å². The molecule has 2 rings (SSSR count). The fraction of sp³-hybridized carbons (Fsp3) is 0.545. The summed E-state index contributed by atoms with van der Waals surface area (Å²) < 4.78 is 10.5. The van der Waals surface area contributed by atoms with Crippen molar-refractivity contribution in [2.75, 3.05) is 26.1 Å². The fourth-order valence-electron chi connectivity index (χ4n) is 1.86.